The van der Waals surface area contributed by atoms with Crippen molar-refractivity contribution < 1.29 is 9.63 Å². The Labute approximate surface area is 105 Å². The molecule has 0 radical (unpaired) electrons. The van der Waals surface area contributed by atoms with Gasteiger partial charge in [0, 0.05) is 44.2 Å². The van der Waals surface area contributed by atoms with E-state index in [1.807, 2.05) is 10.6 Å². The van der Waals surface area contributed by atoms with E-state index in [9.17, 15) is 9.59 Å². The van der Waals surface area contributed by atoms with Gasteiger partial charge in [-0.2, -0.15) is 0 Å². The van der Waals surface area contributed by atoms with Crippen molar-refractivity contribution in [1.29, 1.82) is 0 Å². The Bertz CT molecular complexity index is 537. The Hall–Kier alpha value is -1.62. The summed E-state index contributed by atoms with van der Waals surface area (Å²) in [6, 6.07) is 5.41. The number of carbonyl (C=O) groups excluding carboxylic acids is 1. The lowest BCUT2D eigenvalue weighted by Crippen LogP contribution is -2.47. The van der Waals surface area contributed by atoms with E-state index in [4.69, 9.17) is 4.84 Å². The van der Waals surface area contributed by atoms with Crippen LogP contribution in [0.4, 0.5) is 0 Å². The summed E-state index contributed by atoms with van der Waals surface area (Å²) in [5.74, 6) is 0.391. The predicted molar refractivity (Wildman–Crippen MR) is 64.9 cm³/mol. The van der Waals surface area contributed by atoms with Crippen molar-refractivity contribution in [2.45, 2.75) is 25.8 Å². The van der Waals surface area contributed by atoms with Gasteiger partial charge in [0.15, 0.2) is 0 Å². The molecule has 0 unspecified atom stereocenters. The molecule has 1 aromatic heterocycles. The molecular weight excluding hydrogens is 232 g/mol. The van der Waals surface area contributed by atoms with E-state index in [2.05, 4.69) is 0 Å². The lowest BCUT2D eigenvalue weighted by molar-refractivity contribution is -0.199. The minimum atomic E-state index is -0.277. The first-order chi connectivity index (χ1) is 8.63. The maximum absolute atomic E-state index is 11.8. The summed E-state index contributed by atoms with van der Waals surface area (Å²) in [6.07, 6.45) is 1.07. The molecule has 0 amide bonds. The molecule has 0 spiro atoms. The van der Waals surface area contributed by atoms with E-state index in [0.29, 0.717) is 12.5 Å². The van der Waals surface area contributed by atoms with Crippen molar-refractivity contribution in [3.63, 3.8) is 0 Å². The standard InChI is InChI=1S/C13H16N2O3/c1-9(16)18-14-6-10-5-11(8-14)12-3-2-4-13(17)15(12)7-10/h2-4,10-11H,5-8H2,1H3/t10-,11+/m1/s1. The second-order valence-electron chi connectivity index (χ2n) is 5.13. The van der Waals surface area contributed by atoms with Gasteiger partial charge in [0.25, 0.3) is 5.56 Å². The van der Waals surface area contributed by atoms with E-state index in [1.54, 1.807) is 17.2 Å². The summed E-state index contributed by atoms with van der Waals surface area (Å²) in [5, 5.41) is 1.74. The van der Waals surface area contributed by atoms with E-state index >= 15 is 0 Å². The summed E-state index contributed by atoms with van der Waals surface area (Å²) in [5.41, 5.74) is 1.14. The van der Waals surface area contributed by atoms with Gasteiger partial charge in [-0.05, 0) is 18.4 Å². The first kappa shape index (κ1) is 11.5. The van der Waals surface area contributed by atoms with Crippen LogP contribution in [-0.4, -0.2) is 28.7 Å². The van der Waals surface area contributed by atoms with Crippen LogP contribution in [0.25, 0.3) is 0 Å². The number of aromatic nitrogens is 1. The quantitative estimate of drug-likeness (QED) is 0.735. The molecule has 1 fully saturated rings. The predicted octanol–water partition coefficient (Wildman–Crippen LogP) is 0.745. The van der Waals surface area contributed by atoms with Gasteiger partial charge in [-0.3, -0.25) is 9.59 Å². The molecule has 5 nitrogen and oxygen atoms in total. The van der Waals surface area contributed by atoms with E-state index in [0.717, 1.165) is 25.2 Å². The molecule has 2 aliphatic rings. The van der Waals surface area contributed by atoms with Gasteiger partial charge in [0.05, 0.1) is 0 Å². The van der Waals surface area contributed by atoms with Crippen molar-refractivity contribution >= 4 is 5.97 Å². The monoisotopic (exact) mass is 248 g/mol. The van der Waals surface area contributed by atoms with Gasteiger partial charge in [-0.1, -0.05) is 6.07 Å². The van der Waals surface area contributed by atoms with Crippen molar-refractivity contribution in [2.75, 3.05) is 13.1 Å². The molecule has 0 N–H and O–H groups in total. The van der Waals surface area contributed by atoms with Crippen molar-refractivity contribution in [3.8, 4) is 0 Å². The van der Waals surface area contributed by atoms with Crippen LogP contribution in [0, 0.1) is 5.92 Å². The number of nitrogens with zero attached hydrogens (tertiary/aromatic N) is 2. The SMILES string of the molecule is CC(=O)ON1C[C@H]2C[C@@H](C1)c1cccc(=O)n1C2. The molecule has 0 aliphatic carbocycles. The molecule has 1 saturated heterocycles. The average Bonchev–Trinajstić information content (AvgIpc) is 2.29. The molecule has 3 heterocycles. The van der Waals surface area contributed by atoms with E-state index < -0.39 is 0 Å². The fourth-order valence-corrected chi connectivity index (χ4v) is 3.11. The van der Waals surface area contributed by atoms with Gasteiger partial charge < -0.3 is 9.40 Å². The number of rotatable bonds is 1. The molecule has 2 bridgehead atoms. The van der Waals surface area contributed by atoms with Crippen LogP contribution in [0.15, 0.2) is 23.0 Å². The Morgan fingerprint density at radius 1 is 1.33 bits per heavy atom. The third kappa shape index (κ3) is 1.95. The fraction of sp³-hybridized carbons (Fsp3) is 0.538. The number of fused-ring (bicyclic) bond motifs is 4. The Balaban J connectivity index is 1.90. The molecule has 0 saturated carbocycles. The van der Waals surface area contributed by atoms with Crippen molar-refractivity contribution in [1.82, 2.24) is 9.63 Å². The number of hydrogen-bond acceptors (Lipinski definition) is 4. The Morgan fingerprint density at radius 3 is 2.94 bits per heavy atom. The zero-order valence-corrected chi connectivity index (χ0v) is 10.3. The first-order valence-corrected chi connectivity index (χ1v) is 6.26. The maximum Gasteiger partial charge on any atom is 0.322 e. The Kier molecular flexibility index (Phi) is 2.70. The third-order valence-corrected chi connectivity index (χ3v) is 3.70. The summed E-state index contributed by atoms with van der Waals surface area (Å²) < 4.78 is 1.87. The van der Waals surface area contributed by atoms with Crippen molar-refractivity contribution in [3.05, 3.63) is 34.2 Å². The van der Waals surface area contributed by atoms with Gasteiger partial charge in [-0.15, -0.1) is 5.06 Å². The highest BCUT2D eigenvalue weighted by Gasteiger charge is 2.35. The average molecular weight is 248 g/mol. The second kappa shape index (κ2) is 4.24. The molecule has 5 heteroatoms. The normalized spacial score (nSPS) is 26.5. The molecule has 96 valence electrons. The summed E-state index contributed by atoms with van der Waals surface area (Å²) >= 11 is 0. The molecule has 0 aromatic carbocycles. The van der Waals surface area contributed by atoms with Crippen LogP contribution in [0.1, 0.15) is 25.0 Å². The van der Waals surface area contributed by atoms with Gasteiger partial charge in [-0.25, -0.2) is 0 Å². The molecule has 2 aliphatic heterocycles. The third-order valence-electron chi connectivity index (χ3n) is 3.70. The van der Waals surface area contributed by atoms with Crippen LogP contribution < -0.4 is 5.56 Å². The smallest absolute Gasteiger partial charge is 0.322 e. The van der Waals surface area contributed by atoms with Crippen LogP contribution >= 0.6 is 0 Å². The maximum atomic E-state index is 11.8. The van der Waals surface area contributed by atoms with Gasteiger partial charge >= 0.3 is 5.97 Å². The van der Waals surface area contributed by atoms with Crippen LogP contribution in [0.3, 0.4) is 0 Å². The van der Waals surface area contributed by atoms with Gasteiger partial charge in [0.1, 0.15) is 0 Å². The van der Waals surface area contributed by atoms with E-state index in [-0.39, 0.29) is 17.4 Å². The lowest BCUT2D eigenvalue weighted by atomic mass is 9.84. The first-order valence-electron chi connectivity index (χ1n) is 6.26. The molecule has 18 heavy (non-hydrogen) atoms. The number of hydrogen-bond donors (Lipinski definition) is 0. The number of hydroxylamine groups is 2. The molecule has 2 atom stereocenters. The molecule has 1 aromatic rings. The van der Waals surface area contributed by atoms with Crippen LogP contribution in [0.5, 0.6) is 0 Å². The highest BCUT2D eigenvalue weighted by Crippen LogP contribution is 2.34. The fourth-order valence-electron chi connectivity index (χ4n) is 3.11. The highest BCUT2D eigenvalue weighted by atomic mass is 16.7. The van der Waals surface area contributed by atoms with Crippen LogP contribution in [0.2, 0.25) is 0 Å². The summed E-state index contributed by atoms with van der Waals surface area (Å²) in [4.78, 5) is 28.0. The number of piperidine rings is 1. The lowest BCUT2D eigenvalue weighted by Gasteiger charge is -2.41. The zero-order chi connectivity index (χ0) is 12.7. The number of carbonyl (C=O) groups is 1. The summed E-state index contributed by atoms with van der Waals surface area (Å²) in [7, 11) is 0. The molecular formula is C13H16N2O3. The largest absolute Gasteiger partial charge is 0.368 e. The second-order valence-corrected chi connectivity index (χ2v) is 5.13. The Morgan fingerprint density at radius 2 is 2.17 bits per heavy atom. The minimum Gasteiger partial charge on any atom is -0.368 e. The van der Waals surface area contributed by atoms with Gasteiger partial charge in [0.2, 0.25) is 0 Å². The molecule has 3 rings (SSSR count). The zero-order valence-electron chi connectivity index (χ0n) is 10.3. The van der Waals surface area contributed by atoms with Crippen LogP contribution in [-0.2, 0) is 16.2 Å². The topological polar surface area (TPSA) is 51.5 Å². The minimum absolute atomic E-state index is 0.0723. The summed E-state index contributed by atoms with van der Waals surface area (Å²) in [6.45, 7) is 3.54. The highest BCUT2D eigenvalue weighted by molar-refractivity contribution is 5.65. The van der Waals surface area contributed by atoms with E-state index in [1.165, 1.54) is 6.92 Å². The number of pyridine rings is 1. The van der Waals surface area contributed by atoms with Crippen molar-refractivity contribution in [2.24, 2.45) is 5.92 Å².